The van der Waals surface area contributed by atoms with Crippen molar-refractivity contribution in [3.05, 3.63) is 65.2 Å². The van der Waals surface area contributed by atoms with E-state index in [2.05, 4.69) is 76.2 Å². The normalized spacial score (nSPS) is 26.5. The van der Waals surface area contributed by atoms with E-state index in [0.717, 1.165) is 41.6 Å². The van der Waals surface area contributed by atoms with Crippen LogP contribution in [0, 0.1) is 44.6 Å². The molecule has 5 rings (SSSR count). The zero-order chi connectivity index (χ0) is 22.8. The molecule has 0 aliphatic heterocycles. The fraction of sp³-hybridized carbons (Fsp3) is 0.483. The van der Waals surface area contributed by atoms with Gasteiger partial charge in [-0.15, -0.1) is 34.9 Å². The quantitative estimate of drug-likeness (QED) is 0.319. The maximum Gasteiger partial charge on any atom is 0.0621 e. The predicted octanol–water partition coefficient (Wildman–Crippen LogP) is 6.18. The summed E-state index contributed by atoms with van der Waals surface area (Å²) in [5.41, 5.74) is 6.75. The molecule has 1 radical (unpaired) electrons. The number of aromatic nitrogens is 1. The van der Waals surface area contributed by atoms with Crippen LogP contribution < -0.4 is 0 Å². The van der Waals surface area contributed by atoms with Crippen molar-refractivity contribution in [3.63, 3.8) is 0 Å². The minimum absolute atomic E-state index is 0. The van der Waals surface area contributed by atoms with Gasteiger partial charge in [0.15, 0.2) is 0 Å². The van der Waals surface area contributed by atoms with E-state index >= 15 is 0 Å². The van der Waals surface area contributed by atoms with E-state index in [9.17, 15) is 10.2 Å². The number of aliphatic hydroxyl groups is 2. The summed E-state index contributed by atoms with van der Waals surface area (Å²) in [4.78, 5) is 4.76. The van der Waals surface area contributed by atoms with Gasteiger partial charge in [0.2, 0.25) is 0 Å². The van der Waals surface area contributed by atoms with E-state index in [0.29, 0.717) is 11.8 Å². The fourth-order valence-electron chi connectivity index (χ4n) is 5.59. The van der Waals surface area contributed by atoms with Crippen molar-refractivity contribution >= 4 is 10.9 Å². The van der Waals surface area contributed by atoms with Crippen molar-refractivity contribution in [1.29, 1.82) is 0 Å². The molecule has 5 unspecified atom stereocenters. The first-order valence-corrected chi connectivity index (χ1v) is 12.1. The van der Waals surface area contributed by atoms with Gasteiger partial charge in [-0.2, -0.15) is 0 Å². The van der Waals surface area contributed by atoms with Crippen molar-refractivity contribution < 1.29 is 30.3 Å². The average molecular weight is 623 g/mol. The largest absolute Gasteiger partial charge is 0.393 e. The van der Waals surface area contributed by atoms with E-state index in [1.807, 2.05) is 0 Å². The number of fused-ring (bicyclic) bond motifs is 2. The maximum absolute atomic E-state index is 10.0. The third-order valence-electron chi connectivity index (χ3n) is 7.31. The summed E-state index contributed by atoms with van der Waals surface area (Å²) in [6, 6.07) is 18.2. The summed E-state index contributed by atoms with van der Waals surface area (Å²) in [5.74, 6) is 1.15. The molecule has 1 aromatic heterocycles. The molecule has 0 amide bonds. The minimum Gasteiger partial charge on any atom is -0.393 e. The first-order chi connectivity index (χ1) is 15.3. The Labute approximate surface area is 212 Å². The van der Waals surface area contributed by atoms with Gasteiger partial charge in [-0.25, -0.2) is 0 Å². The summed E-state index contributed by atoms with van der Waals surface area (Å²) in [5, 5.41) is 21.0. The molecule has 2 aliphatic rings. The molecular formula is C29H36IrNO2-. The zero-order valence-corrected chi connectivity index (χ0v) is 22.5. The first-order valence-electron chi connectivity index (χ1n) is 12.1. The van der Waals surface area contributed by atoms with Crippen LogP contribution >= 0.6 is 0 Å². The number of hydrogen-bond donors (Lipinski definition) is 2. The Hall–Kier alpha value is -1.58. The first kappa shape index (κ1) is 26.0. The van der Waals surface area contributed by atoms with Gasteiger partial charge in [0.05, 0.1) is 17.7 Å². The van der Waals surface area contributed by atoms with E-state index < -0.39 is 0 Å². The van der Waals surface area contributed by atoms with Gasteiger partial charge in [0.25, 0.3) is 0 Å². The van der Waals surface area contributed by atoms with Crippen LogP contribution in [0.15, 0.2) is 42.5 Å². The van der Waals surface area contributed by atoms with Gasteiger partial charge in [-0.3, -0.25) is 4.98 Å². The van der Waals surface area contributed by atoms with Gasteiger partial charge in [-0.1, -0.05) is 51.5 Å². The molecule has 2 fully saturated rings. The molecule has 0 saturated heterocycles. The van der Waals surface area contributed by atoms with Gasteiger partial charge in [-0.05, 0) is 67.2 Å². The maximum atomic E-state index is 10.0. The van der Waals surface area contributed by atoms with Crippen LogP contribution in [0.3, 0.4) is 0 Å². The van der Waals surface area contributed by atoms with Crippen LogP contribution in [0.4, 0.5) is 0 Å². The van der Waals surface area contributed by atoms with E-state index in [1.165, 1.54) is 29.4 Å². The molecule has 179 valence electrons. The molecule has 2 aromatic carbocycles. The number of aryl methyl sites for hydroxylation is 3. The van der Waals surface area contributed by atoms with Crippen LogP contribution in [0.25, 0.3) is 22.2 Å². The van der Waals surface area contributed by atoms with Crippen LogP contribution in [0.5, 0.6) is 0 Å². The topological polar surface area (TPSA) is 53.4 Å². The molecular weight excluding hydrogens is 587 g/mol. The molecule has 2 aliphatic carbocycles. The fourth-order valence-corrected chi connectivity index (χ4v) is 5.59. The summed E-state index contributed by atoms with van der Waals surface area (Å²) < 4.78 is 0. The SMILES string of the molecule is CC1CCCC2CCC(O)C2C1O.Cc1[c-]c(-c2ccc3ccc(C)cc3n2)cc(C)c1.[Ir]. The Kier molecular flexibility index (Phi) is 8.86. The summed E-state index contributed by atoms with van der Waals surface area (Å²) in [6.45, 7) is 8.38. The summed E-state index contributed by atoms with van der Waals surface area (Å²) in [7, 11) is 0. The van der Waals surface area contributed by atoms with Crippen LogP contribution in [-0.2, 0) is 20.1 Å². The van der Waals surface area contributed by atoms with Crippen LogP contribution in [-0.4, -0.2) is 27.4 Å². The molecule has 1 heterocycles. The van der Waals surface area contributed by atoms with Gasteiger partial charge in [0, 0.05) is 26.0 Å². The predicted molar refractivity (Wildman–Crippen MR) is 131 cm³/mol. The monoisotopic (exact) mass is 623 g/mol. The minimum atomic E-state index is -0.259. The molecule has 2 saturated carbocycles. The van der Waals surface area contributed by atoms with Crippen molar-refractivity contribution in [2.75, 3.05) is 0 Å². The number of aliphatic hydroxyl groups excluding tert-OH is 2. The standard InChI is InChI=1S/C18H16N.C11H20O2.Ir/c1-12-4-5-15-6-7-17(19-18(15)11-12)16-9-13(2)8-14(3)10-16;1-7-3-2-4-8-5-6-9(12)10(8)11(7)13;/h4-9,11H,1-3H3;7-13H,2-6H2,1H3;/q-1;;. The number of nitrogens with zero attached hydrogens (tertiary/aromatic N) is 1. The van der Waals surface area contributed by atoms with E-state index in [4.69, 9.17) is 4.98 Å². The van der Waals surface area contributed by atoms with Crippen LogP contribution in [0.1, 0.15) is 55.7 Å². The molecule has 33 heavy (non-hydrogen) atoms. The number of benzene rings is 2. The Bertz CT molecular complexity index is 1060. The summed E-state index contributed by atoms with van der Waals surface area (Å²) >= 11 is 0. The van der Waals surface area contributed by atoms with Gasteiger partial charge < -0.3 is 10.2 Å². The molecule has 3 aromatic rings. The molecule has 0 spiro atoms. The van der Waals surface area contributed by atoms with Crippen LogP contribution in [0.2, 0.25) is 0 Å². The van der Waals surface area contributed by atoms with Crippen molar-refractivity contribution in [1.82, 2.24) is 4.98 Å². The van der Waals surface area contributed by atoms with Crippen molar-refractivity contribution in [2.45, 2.75) is 72.0 Å². The van der Waals surface area contributed by atoms with Gasteiger partial charge in [0.1, 0.15) is 0 Å². The zero-order valence-electron chi connectivity index (χ0n) is 20.1. The molecule has 5 atom stereocenters. The Morgan fingerprint density at radius 3 is 2.39 bits per heavy atom. The Morgan fingerprint density at radius 2 is 1.64 bits per heavy atom. The second kappa shape index (κ2) is 11.2. The van der Waals surface area contributed by atoms with Crippen molar-refractivity contribution in [3.8, 4) is 11.3 Å². The second-order valence-corrected chi connectivity index (χ2v) is 10.0. The second-order valence-electron chi connectivity index (χ2n) is 10.0. The molecule has 0 bridgehead atoms. The van der Waals surface area contributed by atoms with E-state index in [-0.39, 0.29) is 38.2 Å². The average Bonchev–Trinajstić information content (AvgIpc) is 3.05. The Balaban J connectivity index is 0.000000192. The number of pyridine rings is 1. The Morgan fingerprint density at radius 1 is 0.879 bits per heavy atom. The van der Waals surface area contributed by atoms with Gasteiger partial charge >= 0.3 is 0 Å². The van der Waals surface area contributed by atoms with E-state index in [1.54, 1.807) is 0 Å². The van der Waals surface area contributed by atoms with Crippen molar-refractivity contribution in [2.24, 2.45) is 17.8 Å². The molecule has 2 N–H and O–H groups in total. The smallest absolute Gasteiger partial charge is 0.0621 e. The molecule has 4 heteroatoms. The molecule has 3 nitrogen and oxygen atoms in total. The number of hydrogen-bond acceptors (Lipinski definition) is 3. The number of rotatable bonds is 1. The third-order valence-corrected chi connectivity index (χ3v) is 7.31. The summed E-state index contributed by atoms with van der Waals surface area (Å²) in [6.07, 6.45) is 5.09. The third kappa shape index (κ3) is 6.11.